The number of benzene rings is 2. The molecule has 5 nitrogen and oxygen atoms in total. The summed E-state index contributed by atoms with van der Waals surface area (Å²) in [6.07, 6.45) is 0. The number of nitrogens with one attached hydrogen (secondary N) is 1. The molecule has 0 saturated carbocycles. The average Bonchev–Trinajstić information content (AvgIpc) is 2.49. The average molecular weight is 393 g/mol. The van der Waals surface area contributed by atoms with Crippen molar-refractivity contribution in [1.82, 2.24) is 0 Å². The number of nitriles is 1. The molecule has 1 unspecified atom stereocenters. The van der Waals surface area contributed by atoms with Crippen LogP contribution >= 0.6 is 22.6 Å². The number of halogens is 1. The highest BCUT2D eigenvalue weighted by Gasteiger charge is 2.16. The fraction of sp³-hybridized carbons (Fsp3) is 0.133. The monoisotopic (exact) mass is 393 g/mol. The van der Waals surface area contributed by atoms with Gasteiger partial charge in [0.2, 0.25) is 0 Å². The van der Waals surface area contributed by atoms with E-state index in [1.54, 1.807) is 18.2 Å². The highest BCUT2D eigenvalue weighted by Crippen LogP contribution is 2.29. The first-order valence-electron chi connectivity index (χ1n) is 6.22. The number of nitro benzene ring substituents is 1. The quantitative estimate of drug-likeness (QED) is 0.479. The van der Waals surface area contributed by atoms with E-state index in [9.17, 15) is 10.1 Å². The summed E-state index contributed by atoms with van der Waals surface area (Å²) in [4.78, 5) is 10.7. The van der Waals surface area contributed by atoms with E-state index in [1.807, 2.05) is 47.7 Å². The predicted molar refractivity (Wildman–Crippen MR) is 89.0 cm³/mol. The predicted octanol–water partition coefficient (Wildman–Crippen LogP) is 4.24. The Morgan fingerprint density at radius 2 is 1.95 bits per heavy atom. The molecule has 0 fully saturated rings. The van der Waals surface area contributed by atoms with Gasteiger partial charge < -0.3 is 5.32 Å². The molecule has 0 bridgehead atoms. The van der Waals surface area contributed by atoms with Crippen LogP contribution in [0.5, 0.6) is 0 Å². The molecule has 0 spiro atoms. The standard InChI is InChI=1S/C15H12IN3O2/c1-10(12-4-2-11(9-17)3-5-12)18-14-7-6-13(16)8-15(14)19(20)21/h2-8,10,18H,1H3. The molecule has 0 aromatic heterocycles. The Morgan fingerprint density at radius 3 is 2.52 bits per heavy atom. The van der Waals surface area contributed by atoms with Gasteiger partial charge in [-0.2, -0.15) is 5.26 Å². The lowest BCUT2D eigenvalue weighted by molar-refractivity contribution is -0.384. The van der Waals surface area contributed by atoms with Gasteiger partial charge in [-0.05, 0) is 59.3 Å². The molecule has 6 heteroatoms. The number of hydrogen-bond donors (Lipinski definition) is 1. The first kappa shape index (κ1) is 15.3. The number of nitro groups is 1. The number of rotatable bonds is 4. The third-order valence-corrected chi connectivity index (χ3v) is 3.74. The summed E-state index contributed by atoms with van der Waals surface area (Å²) in [5.74, 6) is 0. The van der Waals surface area contributed by atoms with Crippen LogP contribution in [0, 0.1) is 25.0 Å². The molecule has 0 saturated heterocycles. The molecule has 21 heavy (non-hydrogen) atoms. The fourth-order valence-electron chi connectivity index (χ4n) is 1.94. The first-order valence-corrected chi connectivity index (χ1v) is 7.29. The van der Waals surface area contributed by atoms with Gasteiger partial charge in [0.15, 0.2) is 0 Å². The van der Waals surface area contributed by atoms with E-state index in [1.165, 1.54) is 6.07 Å². The molecule has 0 aliphatic heterocycles. The Labute approximate surface area is 135 Å². The van der Waals surface area contributed by atoms with Crippen LogP contribution in [0.15, 0.2) is 42.5 Å². The van der Waals surface area contributed by atoms with Gasteiger partial charge in [-0.1, -0.05) is 12.1 Å². The van der Waals surface area contributed by atoms with Crippen molar-refractivity contribution in [2.75, 3.05) is 5.32 Å². The van der Waals surface area contributed by atoms with Crippen molar-refractivity contribution >= 4 is 34.0 Å². The van der Waals surface area contributed by atoms with Crippen LogP contribution in [0.1, 0.15) is 24.1 Å². The van der Waals surface area contributed by atoms with E-state index >= 15 is 0 Å². The third-order valence-electron chi connectivity index (χ3n) is 3.07. The maximum Gasteiger partial charge on any atom is 0.293 e. The van der Waals surface area contributed by atoms with Crippen LogP contribution < -0.4 is 5.32 Å². The second kappa shape index (κ2) is 6.54. The highest BCUT2D eigenvalue weighted by atomic mass is 127. The van der Waals surface area contributed by atoms with E-state index in [0.717, 1.165) is 9.13 Å². The van der Waals surface area contributed by atoms with Crippen molar-refractivity contribution < 1.29 is 4.92 Å². The first-order chi connectivity index (χ1) is 10.0. The molecule has 0 aliphatic rings. The topological polar surface area (TPSA) is 79.0 Å². The summed E-state index contributed by atoms with van der Waals surface area (Å²) in [5.41, 5.74) is 2.09. The van der Waals surface area contributed by atoms with Crippen LogP contribution in [0.4, 0.5) is 11.4 Å². The minimum Gasteiger partial charge on any atom is -0.373 e. The SMILES string of the molecule is CC(Nc1ccc(I)cc1[N+](=O)[O-])c1ccc(C#N)cc1. The summed E-state index contributed by atoms with van der Waals surface area (Å²) in [6, 6.07) is 14.2. The van der Waals surface area contributed by atoms with Crippen molar-refractivity contribution in [3.05, 3.63) is 67.3 Å². The molecule has 0 heterocycles. The van der Waals surface area contributed by atoms with Gasteiger partial charge in [0.25, 0.3) is 5.69 Å². The lowest BCUT2D eigenvalue weighted by atomic mass is 10.1. The maximum atomic E-state index is 11.1. The van der Waals surface area contributed by atoms with Gasteiger partial charge >= 0.3 is 0 Å². The molecule has 2 aromatic carbocycles. The Kier molecular flexibility index (Phi) is 4.75. The molecule has 1 atom stereocenters. The zero-order valence-electron chi connectivity index (χ0n) is 11.2. The van der Waals surface area contributed by atoms with Crippen LogP contribution in [0.2, 0.25) is 0 Å². The van der Waals surface area contributed by atoms with Crippen molar-refractivity contribution in [3.8, 4) is 6.07 Å². The van der Waals surface area contributed by atoms with E-state index in [2.05, 4.69) is 11.4 Å². The van der Waals surface area contributed by atoms with Crippen LogP contribution in [-0.2, 0) is 0 Å². The number of nitrogens with zero attached hydrogens (tertiary/aromatic N) is 2. The maximum absolute atomic E-state index is 11.1. The second-order valence-electron chi connectivity index (χ2n) is 4.52. The minimum absolute atomic E-state index is 0.0578. The van der Waals surface area contributed by atoms with Gasteiger partial charge in [0, 0.05) is 15.7 Å². The van der Waals surface area contributed by atoms with Crippen molar-refractivity contribution in [3.63, 3.8) is 0 Å². The zero-order valence-corrected chi connectivity index (χ0v) is 13.4. The van der Waals surface area contributed by atoms with Gasteiger partial charge in [-0.3, -0.25) is 10.1 Å². The van der Waals surface area contributed by atoms with Gasteiger partial charge in [0.1, 0.15) is 5.69 Å². The molecular weight excluding hydrogens is 381 g/mol. The van der Waals surface area contributed by atoms with Crippen molar-refractivity contribution in [1.29, 1.82) is 5.26 Å². The summed E-state index contributed by atoms with van der Waals surface area (Å²) in [7, 11) is 0. The summed E-state index contributed by atoms with van der Waals surface area (Å²) < 4.78 is 0.816. The molecule has 106 valence electrons. The van der Waals surface area contributed by atoms with Crippen LogP contribution in [0.25, 0.3) is 0 Å². The van der Waals surface area contributed by atoms with Gasteiger partial charge in [-0.25, -0.2) is 0 Å². The Hall–Kier alpha value is -2.14. The normalized spacial score (nSPS) is 11.5. The highest BCUT2D eigenvalue weighted by molar-refractivity contribution is 14.1. The van der Waals surface area contributed by atoms with Crippen LogP contribution in [0.3, 0.4) is 0 Å². The van der Waals surface area contributed by atoms with E-state index in [-0.39, 0.29) is 11.7 Å². The Balaban J connectivity index is 2.24. The Bertz CT molecular complexity index is 708. The molecular formula is C15H12IN3O2. The lowest BCUT2D eigenvalue weighted by Gasteiger charge is -2.16. The zero-order chi connectivity index (χ0) is 15.4. The summed E-state index contributed by atoms with van der Waals surface area (Å²) in [5, 5.41) is 23.0. The number of anilines is 1. The van der Waals surface area contributed by atoms with E-state index in [0.29, 0.717) is 11.3 Å². The molecule has 0 radical (unpaired) electrons. The van der Waals surface area contributed by atoms with Crippen molar-refractivity contribution in [2.24, 2.45) is 0 Å². The van der Waals surface area contributed by atoms with Crippen LogP contribution in [-0.4, -0.2) is 4.92 Å². The number of hydrogen-bond acceptors (Lipinski definition) is 4. The second-order valence-corrected chi connectivity index (χ2v) is 5.76. The lowest BCUT2D eigenvalue weighted by Crippen LogP contribution is -2.08. The Morgan fingerprint density at radius 1 is 1.29 bits per heavy atom. The fourth-order valence-corrected chi connectivity index (χ4v) is 2.42. The molecule has 1 N–H and O–H groups in total. The summed E-state index contributed by atoms with van der Waals surface area (Å²) in [6.45, 7) is 1.92. The minimum atomic E-state index is -0.393. The smallest absolute Gasteiger partial charge is 0.293 e. The van der Waals surface area contributed by atoms with Gasteiger partial charge in [-0.15, -0.1) is 0 Å². The third kappa shape index (κ3) is 3.70. The molecule has 2 aromatic rings. The van der Waals surface area contributed by atoms with Crippen molar-refractivity contribution in [2.45, 2.75) is 13.0 Å². The summed E-state index contributed by atoms with van der Waals surface area (Å²) >= 11 is 2.05. The van der Waals surface area contributed by atoms with E-state index < -0.39 is 4.92 Å². The molecule has 2 rings (SSSR count). The molecule has 0 amide bonds. The largest absolute Gasteiger partial charge is 0.373 e. The van der Waals surface area contributed by atoms with E-state index in [4.69, 9.17) is 5.26 Å². The van der Waals surface area contributed by atoms with Gasteiger partial charge in [0.05, 0.1) is 16.6 Å². The molecule has 0 aliphatic carbocycles.